The largest absolute Gasteiger partial charge is 0.444 e. The molecule has 0 radical (unpaired) electrons. The Balaban J connectivity index is 1.70. The first-order chi connectivity index (χ1) is 14.2. The molecule has 2 aromatic carbocycles. The number of nitrogens with zero attached hydrogens (tertiary/aromatic N) is 1. The molecule has 3 rings (SSSR count). The van der Waals surface area contributed by atoms with E-state index in [0.717, 1.165) is 11.1 Å². The molecule has 0 spiro atoms. The van der Waals surface area contributed by atoms with Crippen LogP contribution in [0.1, 0.15) is 38.8 Å². The van der Waals surface area contributed by atoms with Crippen LogP contribution in [0.2, 0.25) is 0 Å². The molecule has 3 atom stereocenters. The van der Waals surface area contributed by atoms with Crippen LogP contribution >= 0.6 is 0 Å². The Kier molecular flexibility index (Phi) is 6.77. The monoisotopic (exact) mass is 410 g/mol. The second-order valence-corrected chi connectivity index (χ2v) is 8.59. The first-order valence-corrected chi connectivity index (χ1v) is 10.2. The molecule has 6 heteroatoms. The van der Waals surface area contributed by atoms with Gasteiger partial charge < -0.3 is 19.7 Å². The van der Waals surface area contributed by atoms with Crippen molar-refractivity contribution < 1.29 is 19.1 Å². The van der Waals surface area contributed by atoms with Crippen LogP contribution in [0.4, 0.5) is 4.79 Å². The first-order valence-electron chi connectivity index (χ1n) is 10.2. The van der Waals surface area contributed by atoms with E-state index in [4.69, 9.17) is 9.47 Å². The molecule has 2 aromatic rings. The van der Waals surface area contributed by atoms with Crippen molar-refractivity contribution in [2.45, 2.75) is 64.6 Å². The van der Waals surface area contributed by atoms with Crippen molar-refractivity contribution >= 4 is 12.0 Å². The Labute approximate surface area is 178 Å². The molecule has 0 unspecified atom stereocenters. The minimum atomic E-state index is -0.612. The Morgan fingerprint density at radius 3 is 2.17 bits per heavy atom. The number of benzene rings is 2. The third-order valence-corrected chi connectivity index (χ3v) is 4.92. The van der Waals surface area contributed by atoms with Gasteiger partial charge in [0, 0.05) is 6.54 Å². The fraction of sp³-hybridized carbons (Fsp3) is 0.417. The summed E-state index contributed by atoms with van der Waals surface area (Å²) in [4.78, 5) is 26.9. The summed E-state index contributed by atoms with van der Waals surface area (Å²) in [5.41, 5.74) is 1.44. The zero-order valence-corrected chi connectivity index (χ0v) is 18.0. The van der Waals surface area contributed by atoms with Crippen LogP contribution in [0.5, 0.6) is 0 Å². The number of rotatable bonds is 7. The summed E-state index contributed by atoms with van der Waals surface area (Å²) in [6, 6.07) is 18.9. The van der Waals surface area contributed by atoms with E-state index >= 15 is 0 Å². The first kappa shape index (κ1) is 21.8. The van der Waals surface area contributed by atoms with Crippen molar-refractivity contribution in [2.75, 3.05) is 0 Å². The van der Waals surface area contributed by atoms with Gasteiger partial charge in [-0.3, -0.25) is 4.79 Å². The minimum absolute atomic E-state index is 0.0716. The van der Waals surface area contributed by atoms with Gasteiger partial charge in [0.2, 0.25) is 0 Å². The zero-order chi connectivity index (χ0) is 21.7. The molecule has 0 saturated carbocycles. The SMILES string of the molecule is C[C@H](NC(=O)OC(C)(C)C)[C@@H]1[C@H](OCc2ccccc2)C(=O)N1Cc1ccccc1. The number of amides is 2. The summed E-state index contributed by atoms with van der Waals surface area (Å²) in [5.74, 6) is -0.0716. The lowest BCUT2D eigenvalue weighted by molar-refractivity contribution is -0.179. The highest BCUT2D eigenvalue weighted by Gasteiger charge is 2.51. The Bertz CT molecular complexity index is 849. The number of hydrogen-bond donors (Lipinski definition) is 1. The van der Waals surface area contributed by atoms with Crippen LogP contribution in [0, 0.1) is 0 Å². The van der Waals surface area contributed by atoms with Crippen molar-refractivity contribution in [1.29, 1.82) is 0 Å². The molecule has 0 aromatic heterocycles. The Morgan fingerprint density at radius 1 is 1.03 bits per heavy atom. The molecule has 30 heavy (non-hydrogen) atoms. The highest BCUT2D eigenvalue weighted by atomic mass is 16.6. The summed E-state index contributed by atoms with van der Waals surface area (Å²) < 4.78 is 11.4. The van der Waals surface area contributed by atoms with Crippen LogP contribution in [0.15, 0.2) is 60.7 Å². The number of ether oxygens (including phenoxy) is 2. The smallest absolute Gasteiger partial charge is 0.407 e. The molecule has 1 saturated heterocycles. The Hall–Kier alpha value is -2.86. The van der Waals surface area contributed by atoms with Crippen molar-refractivity contribution in [1.82, 2.24) is 10.2 Å². The van der Waals surface area contributed by atoms with Crippen LogP contribution in [-0.4, -0.2) is 40.7 Å². The van der Waals surface area contributed by atoms with Crippen LogP contribution < -0.4 is 5.32 Å². The maximum absolute atomic E-state index is 12.9. The second-order valence-electron chi connectivity index (χ2n) is 8.59. The topological polar surface area (TPSA) is 67.9 Å². The number of hydrogen-bond acceptors (Lipinski definition) is 4. The van der Waals surface area contributed by atoms with Gasteiger partial charge in [0.25, 0.3) is 5.91 Å². The van der Waals surface area contributed by atoms with Gasteiger partial charge in [-0.25, -0.2) is 4.79 Å². The fourth-order valence-corrected chi connectivity index (χ4v) is 3.54. The Morgan fingerprint density at radius 2 is 1.60 bits per heavy atom. The van der Waals surface area contributed by atoms with Crippen LogP contribution in [-0.2, 0) is 27.4 Å². The predicted molar refractivity (Wildman–Crippen MR) is 115 cm³/mol. The highest BCUT2D eigenvalue weighted by molar-refractivity contribution is 5.89. The second kappa shape index (κ2) is 9.30. The van der Waals surface area contributed by atoms with Gasteiger partial charge >= 0.3 is 6.09 Å². The van der Waals surface area contributed by atoms with E-state index in [-0.39, 0.29) is 18.0 Å². The summed E-state index contributed by atoms with van der Waals surface area (Å²) >= 11 is 0. The van der Waals surface area contributed by atoms with Crippen molar-refractivity contribution in [3.63, 3.8) is 0 Å². The molecule has 0 aliphatic carbocycles. The van der Waals surface area contributed by atoms with Gasteiger partial charge in [-0.1, -0.05) is 60.7 Å². The summed E-state index contributed by atoms with van der Waals surface area (Å²) in [6.45, 7) is 8.13. The maximum atomic E-state index is 12.9. The van der Waals surface area contributed by atoms with Gasteiger partial charge in [-0.15, -0.1) is 0 Å². The van der Waals surface area contributed by atoms with Gasteiger partial charge in [-0.2, -0.15) is 0 Å². The number of nitrogens with one attached hydrogen (secondary N) is 1. The van der Waals surface area contributed by atoms with E-state index in [2.05, 4.69) is 5.32 Å². The number of carbonyl (C=O) groups is 2. The molecule has 1 fully saturated rings. The molecule has 6 nitrogen and oxygen atoms in total. The van der Waals surface area contributed by atoms with Gasteiger partial charge in [0.15, 0.2) is 6.10 Å². The molecule has 1 aliphatic rings. The fourth-order valence-electron chi connectivity index (χ4n) is 3.54. The van der Waals surface area contributed by atoms with Crippen molar-refractivity contribution in [3.05, 3.63) is 71.8 Å². The standard InChI is InChI=1S/C24H30N2O4/c1-17(25-23(28)30-24(2,3)4)20-21(29-16-19-13-9-6-10-14-19)22(27)26(20)15-18-11-7-5-8-12-18/h5-14,17,20-21H,15-16H2,1-4H3,(H,25,28)/t17-,20+,21-/m0/s1. The van der Waals surface area contributed by atoms with Crippen LogP contribution in [0.3, 0.4) is 0 Å². The van der Waals surface area contributed by atoms with Gasteiger partial charge in [0.05, 0.1) is 18.7 Å². The molecular weight excluding hydrogens is 380 g/mol. The van der Waals surface area contributed by atoms with E-state index in [0.29, 0.717) is 13.2 Å². The maximum Gasteiger partial charge on any atom is 0.407 e. The number of carbonyl (C=O) groups excluding carboxylic acids is 2. The third kappa shape index (κ3) is 5.60. The molecular formula is C24H30N2O4. The van der Waals surface area contributed by atoms with Crippen molar-refractivity contribution in [3.8, 4) is 0 Å². The third-order valence-electron chi connectivity index (χ3n) is 4.92. The molecule has 1 heterocycles. The summed E-state index contributed by atoms with van der Waals surface area (Å²) in [7, 11) is 0. The average Bonchev–Trinajstić information content (AvgIpc) is 2.69. The lowest BCUT2D eigenvalue weighted by atomic mass is 9.90. The van der Waals surface area contributed by atoms with Gasteiger partial charge in [-0.05, 0) is 38.8 Å². The number of likely N-dealkylation sites (tertiary alicyclic amines) is 1. The lowest BCUT2D eigenvalue weighted by Gasteiger charge is -2.49. The summed E-state index contributed by atoms with van der Waals surface area (Å²) in [6.07, 6.45) is -1.12. The molecule has 0 bridgehead atoms. The zero-order valence-electron chi connectivity index (χ0n) is 18.0. The molecule has 1 N–H and O–H groups in total. The average molecular weight is 411 g/mol. The number of alkyl carbamates (subject to hydrolysis) is 1. The summed E-state index contributed by atoms with van der Waals surface area (Å²) in [5, 5.41) is 2.87. The molecule has 160 valence electrons. The van der Waals surface area contributed by atoms with Crippen LogP contribution in [0.25, 0.3) is 0 Å². The molecule has 2 amide bonds. The normalized spacial score (nSPS) is 19.7. The van der Waals surface area contributed by atoms with Crippen molar-refractivity contribution in [2.24, 2.45) is 0 Å². The quantitative estimate of drug-likeness (QED) is 0.703. The molecule has 1 aliphatic heterocycles. The number of β-lactam (4-membered cyclic amide) rings is 1. The van der Waals surface area contributed by atoms with E-state index < -0.39 is 17.8 Å². The highest BCUT2D eigenvalue weighted by Crippen LogP contribution is 2.29. The van der Waals surface area contributed by atoms with E-state index in [1.807, 2.05) is 88.4 Å². The van der Waals surface area contributed by atoms with E-state index in [1.54, 1.807) is 4.90 Å². The van der Waals surface area contributed by atoms with Gasteiger partial charge in [0.1, 0.15) is 5.60 Å². The minimum Gasteiger partial charge on any atom is -0.444 e. The van der Waals surface area contributed by atoms with E-state index in [1.165, 1.54) is 0 Å². The van der Waals surface area contributed by atoms with E-state index in [9.17, 15) is 9.59 Å². The lowest BCUT2D eigenvalue weighted by Crippen LogP contribution is -2.71. The predicted octanol–water partition coefficient (Wildman–Crippen LogP) is 3.90.